The van der Waals surface area contributed by atoms with E-state index in [0.717, 1.165) is 18.2 Å². The van der Waals surface area contributed by atoms with Gasteiger partial charge in [-0.25, -0.2) is 12.8 Å². The van der Waals surface area contributed by atoms with Crippen molar-refractivity contribution in [2.24, 2.45) is 0 Å². The van der Waals surface area contributed by atoms with Gasteiger partial charge in [-0.05, 0) is 30.3 Å². The highest BCUT2D eigenvalue weighted by Gasteiger charge is 2.24. The largest absolute Gasteiger partial charge is 0.505 e. The molecule has 1 amide bonds. The van der Waals surface area contributed by atoms with Crippen LogP contribution in [0.25, 0.3) is 0 Å². The van der Waals surface area contributed by atoms with Crippen LogP contribution in [0.1, 0.15) is 15.9 Å². The van der Waals surface area contributed by atoms with E-state index in [-0.39, 0.29) is 21.2 Å². The van der Waals surface area contributed by atoms with Crippen LogP contribution < -0.4 is 5.32 Å². The maximum atomic E-state index is 13.9. The minimum Gasteiger partial charge on any atom is -0.505 e. The van der Waals surface area contributed by atoms with E-state index in [1.165, 1.54) is 19.2 Å². The fourth-order valence-corrected chi connectivity index (χ4v) is 4.14. The molecule has 0 aliphatic carbocycles. The summed E-state index contributed by atoms with van der Waals surface area (Å²) in [6.45, 7) is 0. The number of hydrogen-bond donors (Lipinski definition) is 2. The van der Waals surface area contributed by atoms with Crippen LogP contribution in [-0.2, 0) is 15.6 Å². The number of amides is 1. The summed E-state index contributed by atoms with van der Waals surface area (Å²) in [7, 11) is -2.75. The van der Waals surface area contributed by atoms with E-state index in [0.29, 0.717) is 0 Å². The average molecular weight is 392 g/mol. The number of halogens is 3. The van der Waals surface area contributed by atoms with Gasteiger partial charge in [0.15, 0.2) is 15.6 Å². The number of benzene rings is 2. The highest BCUT2D eigenvalue weighted by molar-refractivity contribution is 7.90. The summed E-state index contributed by atoms with van der Waals surface area (Å²) >= 11 is 11.5. The molecule has 0 unspecified atom stereocenters. The smallest absolute Gasteiger partial charge is 0.251 e. The van der Waals surface area contributed by atoms with Crippen molar-refractivity contribution < 1.29 is 22.7 Å². The molecule has 2 rings (SSSR count). The molecule has 0 heterocycles. The molecule has 0 spiro atoms. The van der Waals surface area contributed by atoms with Crippen LogP contribution >= 0.6 is 23.2 Å². The van der Waals surface area contributed by atoms with Gasteiger partial charge in [0.25, 0.3) is 5.91 Å². The van der Waals surface area contributed by atoms with E-state index in [2.05, 4.69) is 5.32 Å². The zero-order valence-electron chi connectivity index (χ0n) is 12.3. The van der Waals surface area contributed by atoms with Crippen molar-refractivity contribution in [3.8, 4) is 5.75 Å². The number of sulfone groups is 1. The van der Waals surface area contributed by atoms with Crippen molar-refractivity contribution in [2.75, 3.05) is 7.05 Å². The van der Waals surface area contributed by atoms with Crippen molar-refractivity contribution in [1.82, 2.24) is 5.32 Å². The molecule has 5 nitrogen and oxygen atoms in total. The molecule has 0 saturated carbocycles. The lowest BCUT2D eigenvalue weighted by Gasteiger charge is -2.10. The van der Waals surface area contributed by atoms with Gasteiger partial charge in [-0.3, -0.25) is 4.79 Å². The zero-order valence-corrected chi connectivity index (χ0v) is 14.6. The third-order valence-corrected chi connectivity index (χ3v) is 5.39. The van der Waals surface area contributed by atoms with Crippen molar-refractivity contribution >= 4 is 38.9 Å². The van der Waals surface area contributed by atoms with E-state index >= 15 is 0 Å². The molecule has 0 radical (unpaired) electrons. The third kappa shape index (κ3) is 3.80. The van der Waals surface area contributed by atoms with Gasteiger partial charge in [0.05, 0.1) is 10.8 Å². The van der Waals surface area contributed by atoms with Crippen LogP contribution in [0.5, 0.6) is 5.75 Å². The predicted octanol–water partition coefficient (Wildman–Crippen LogP) is 3.17. The molecule has 0 saturated heterocycles. The SMILES string of the molecule is CNC(=O)c1ccc(F)c(CS(=O)(=O)c2cc(Cl)cc(Cl)c2O)c1. The molecule has 2 aromatic rings. The molecule has 2 aromatic carbocycles. The van der Waals surface area contributed by atoms with Gasteiger partial charge in [-0.2, -0.15) is 0 Å². The van der Waals surface area contributed by atoms with Gasteiger partial charge in [-0.1, -0.05) is 23.2 Å². The first-order valence-electron chi connectivity index (χ1n) is 6.57. The molecular formula is C15H12Cl2FNO4S. The van der Waals surface area contributed by atoms with Crippen LogP contribution in [0.15, 0.2) is 35.2 Å². The minimum absolute atomic E-state index is 0.0101. The summed E-state index contributed by atoms with van der Waals surface area (Å²) < 4.78 is 38.9. The lowest BCUT2D eigenvalue weighted by molar-refractivity contribution is 0.0963. The maximum absolute atomic E-state index is 13.9. The van der Waals surface area contributed by atoms with Crippen LogP contribution in [-0.4, -0.2) is 26.5 Å². The van der Waals surface area contributed by atoms with Crippen molar-refractivity contribution in [1.29, 1.82) is 0 Å². The number of aromatic hydroxyl groups is 1. The fourth-order valence-electron chi connectivity index (χ4n) is 2.03. The Kier molecular flexibility index (Phi) is 5.37. The average Bonchev–Trinajstić information content (AvgIpc) is 2.51. The van der Waals surface area contributed by atoms with Crippen molar-refractivity contribution in [3.05, 3.63) is 57.3 Å². The zero-order chi connectivity index (χ0) is 18.1. The topological polar surface area (TPSA) is 83.5 Å². The predicted molar refractivity (Wildman–Crippen MR) is 88.8 cm³/mol. The Balaban J connectivity index is 2.49. The first-order chi connectivity index (χ1) is 11.2. The van der Waals surface area contributed by atoms with Gasteiger partial charge < -0.3 is 10.4 Å². The Morgan fingerprint density at radius 1 is 1.25 bits per heavy atom. The molecule has 0 aliphatic rings. The Hall–Kier alpha value is -1.83. The highest BCUT2D eigenvalue weighted by atomic mass is 35.5. The minimum atomic E-state index is -4.15. The second-order valence-electron chi connectivity index (χ2n) is 4.88. The fraction of sp³-hybridized carbons (Fsp3) is 0.133. The maximum Gasteiger partial charge on any atom is 0.251 e. The summed E-state index contributed by atoms with van der Waals surface area (Å²) in [5, 5.41) is 12.0. The third-order valence-electron chi connectivity index (χ3n) is 3.21. The molecule has 0 bridgehead atoms. The Bertz CT molecular complexity index is 916. The summed E-state index contributed by atoms with van der Waals surface area (Å²) in [5.41, 5.74) is -0.107. The van der Waals surface area contributed by atoms with Crippen LogP contribution in [0.2, 0.25) is 10.0 Å². The number of carbonyl (C=O) groups excluding carboxylic acids is 1. The molecule has 24 heavy (non-hydrogen) atoms. The summed E-state index contributed by atoms with van der Waals surface area (Å²) in [6, 6.07) is 5.58. The van der Waals surface area contributed by atoms with Gasteiger partial charge in [-0.15, -0.1) is 0 Å². The monoisotopic (exact) mass is 391 g/mol. The van der Waals surface area contributed by atoms with Gasteiger partial charge in [0, 0.05) is 23.2 Å². The molecular weight excluding hydrogens is 380 g/mol. The van der Waals surface area contributed by atoms with Gasteiger partial charge in [0.1, 0.15) is 10.7 Å². The number of phenols is 1. The Morgan fingerprint density at radius 2 is 1.92 bits per heavy atom. The Morgan fingerprint density at radius 3 is 2.54 bits per heavy atom. The number of nitrogens with one attached hydrogen (secondary N) is 1. The van der Waals surface area contributed by atoms with Crippen LogP contribution in [0, 0.1) is 5.82 Å². The highest BCUT2D eigenvalue weighted by Crippen LogP contribution is 2.35. The molecule has 128 valence electrons. The summed E-state index contributed by atoms with van der Waals surface area (Å²) in [5.74, 6) is -2.71. The first kappa shape index (κ1) is 18.5. The number of carbonyl (C=O) groups is 1. The van der Waals surface area contributed by atoms with Crippen LogP contribution in [0.4, 0.5) is 4.39 Å². The standard InChI is InChI=1S/C15H12Cl2FNO4S/c1-19-15(21)8-2-3-12(18)9(4-8)7-24(22,23)13-6-10(16)5-11(17)14(13)20/h2-6,20H,7H2,1H3,(H,19,21). The molecule has 0 atom stereocenters. The quantitative estimate of drug-likeness (QED) is 0.838. The van der Waals surface area contributed by atoms with E-state index in [1.807, 2.05) is 0 Å². The lowest BCUT2D eigenvalue weighted by atomic mass is 10.1. The number of rotatable bonds is 4. The van der Waals surface area contributed by atoms with E-state index in [9.17, 15) is 22.7 Å². The van der Waals surface area contributed by atoms with E-state index in [1.54, 1.807) is 0 Å². The lowest BCUT2D eigenvalue weighted by Crippen LogP contribution is -2.18. The second-order valence-corrected chi connectivity index (χ2v) is 7.68. The van der Waals surface area contributed by atoms with Gasteiger partial charge in [0.2, 0.25) is 0 Å². The summed E-state index contributed by atoms with van der Waals surface area (Å²) in [6.07, 6.45) is 0. The number of hydrogen-bond acceptors (Lipinski definition) is 4. The van der Waals surface area contributed by atoms with Crippen molar-refractivity contribution in [3.63, 3.8) is 0 Å². The normalized spacial score (nSPS) is 11.3. The van der Waals surface area contributed by atoms with Gasteiger partial charge >= 0.3 is 0 Å². The molecule has 9 heteroatoms. The van der Waals surface area contributed by atoms with Crippen LogP contribution in [0.3, 0.4) is 0 Å². The van der Waals surface area contributed by atoms with Crippen molar-refractivity contribution in [2.45, 2.75) is 10.6 Å². The second kappa shape index (κ2) is 6.96. The number of phenolic OH excluding ortho intramolecular Hbond substituents is 1. The molecule has 0 fully saturated rings. The summed E-state index contributed by atoms with van der Waals surface area (Å²) in [4.78, 5) is 11.1. The molecule has 0 aromatic heterocycles. The molecule has 2 N–H and O–H groups in total. The first-order valence-corrected chi connectivity index (χ1v) is 8.98. The Labute approximate surface area is 147 Å². The van der Waals surface area contributed by atoms with E-state index in [4.69, 9.17) is 23.2 Å². The van der Waals surface area contributed by atoms with E-state index < -0.39 is 38.0 Å². The molecule has 0 aliphatic heterocycles.